The van der Waals surface area contributed by atoms with Crippen molar-refractivity contribution in [1.29, 1.82) is 0 Å². The number of aryl methyl sites for hydroxylation is 1. The van der Waals surface area contributed by atoms with Gasteiger partial charge >= 0.3 is 0 Å². The van der Waals surface area contributed by atoms with Crippen molar-refractivity contribution in [2.24, 2.45) is 0 Å². The lowest BCUT2D eigenvalue weighted by Crippen LogP contribution is -2.49. The number of piperazine rings is 1. The van der Waals surface area contributed by atoms with E-state index in [1.807, 2.05) is 48.1 Å². The van der Waals surface area contributed by atoms with Crippen LogP contribution in [0.25, 0.3) is 5.82 Å². The topological polar surface area (TPSA) is 71.3 Å². The fraction of sp³-hybridized carbons (Fsp3) is 0.263. The second kappa shape index (κ2) is 7.13. The van der Waals surface area contributed by atoms with E-state index in [-0.39, 0.29) is 0 Å². The molecule has 27 heavy (non-hydrogen) atoms. The smallest absolute Gasteiger partial charge is 0.243 e. The Balaban J connectivity index is 1.52. The van der Waals surface area contributed by atoms with Crippen molar-refractivity contribution >= 4 is 15.8 Å². The van der Waals surface area contributed by atoms with Crippen molar-refractivity contribution < 1.29 is 8.42 Å². The van der Waals surface area contributed by atoms with E-state index in [4.69, 9.17) is 0 Å². The highest BCUT2D eigenvalue weighted by molar-refractivity contribution is 7.89. The lowest BCUT2D eigenvalue weighted by Gasteiger charge is -2.34. The number of sulfonamides is 1. The molecule has 0 N–H and O–H groups in total. The maximum Gasteiger partial charge on any atom is 0.243 e. The molecule has 3 aromatic rings. The highest BCUT2D eigenvalue weighted by atomic mass is 32.2. The molecule has 7 nitrogen and oxygen atoms in total. The predicted molar refractivity (Wildman–Crippen MR) is 104 cm³/mol. The van der Waals surface area contributed by atoms with Gasteiger partial charge in [-0.2, -0.15) is 4.31 Å². The number of aromatic nitrogens is 3. The molecule has 0 aliphatic carbocycles. The van der Waals surface area contributed by atoms with Gasteiger partial charge in [0.1, 0.15) is 17.5 Å². The summed E-state index contributed by atoms with van der Waals surface area (Å²) >= 11 is 0. The number of anilines is 1. The van der Waals surface area contributed by atoms with Gasteiger partial charge in [0.05, 0.1) is 4.90 Å². The Morgan fingerprint density at radius 2 is 1.48 bits per heavy atom. The molecule has 8 heteroatoms. The summed E-state index contributed by atoms with van der Waals surface area (Å²) in [5.41, 5.74) is 0. The lowest BCUT2D eigenvalue weighted by molar-refractivity contribution is 0.383. The monoisotopic (exact) mass is 383 g/mol. The molecule has 0 spiro atoms. The third kappa shape index (κ3) is 3.58. The molecule has 0 amide bonds. The summed E-state index contributed by atoms with van der Waals surface area (Å²) in [7, 11) is -3.45. The average molecular weight is 383 g/mol. The summed E-state index contributed by atoms with van der Waals surface area (Å²) < 4.78 is 29.0. The maximum absolute atomic E-state index is 12.8. The lowest BCUT2D eigenvalue weighted by atomic mass is 10.3. The van der Waals surface area contributed by atoms with E-state index in [1.54, 1.807) is 28.6 Å². The number of benzene rings is 1. The fourth-order valence-electron chi connectivity index (χ4n) is 3.22. The number of hydrogen-bond acceptors (Lipinski definition) is 5. The molecule has 1 fully saturated rings. The number of nitrogens with zero attached hydrogens (tertiary/aromatic N) is 5. The van der Waals surface area contributed by atoms with E-state index in [9.17, 15) is 8.42 Å². The minimum Gasteiger partial charge on any atom is -0.354 e. The Hall–Kier alpha value is -2.71. The van der Waals surface area contributed by atoms with Crippen LogP contribution >= 0.6 is 0 Å². The molecule has 3 heterocycles. The van der Waals surface area contributed by atoms with Gasteiger partial charge in [-0.25, -0.2) is 18.4 Å². The predicted octanol–water partition coefficient (Wildman–Crippen LogP) is 2.09. The third-order valence-electron chi connectivity index (χ3n) is 4.62. The zero-order chi connectivity index (χ0) is 18.9. The van der Waals surface area contributed by atoms with Crippen LogP contribution in [0, 0.1) is 6.92 Å². The third-order valence-corrected chi connectivity index (χ3v) is 6.54. The Kier molecular flexibility index (Phi) is 4.67. The van der Waals surface area contributed by atoms with Crippen molar-refractivity contribution in [3.05, 3.63) is 66.7 Å². The molecule has 2 aromatic heterocycles. The van der Waals surface area contributed by atoms with Gasteiger partial charge in [0.15, 0.2) is 0 Å². The molecule has 1 saturated heterocycles. The number of hydrogen-bond donors (Lipinski definition) is 0. The normalized spacial score (nSPS) is 15.8. The van der Waals surface area contributed by atoms with E-state index in [1.165, 1.54) is 0 Å². The van der Waals surface area contributed by atoms with Crippen molar-refractivity contribution in [3.63, 3.8) is 0 Å². The Bertz CT molecular complexity index is 1010. The molecule has 0 atom stereocenters. The molecular formula is C19H21N5O2S. The number of rotatable bonds is 4. The van der Waals surface area contributed by atoms with E-state index in [0.29, 0.717) is 36.9 Å². The first-order chi connectivity index (χ1) is 13.0. The van der Waals surface area contributed by atoms with Gasteiger partial charge in [-0.1, -0.05) is 18.2 Å². The molecular weight excluding hydrogens is 362 g/mol. The van der Waals surface area contributed by atoms with Crippen LogP contribution in [0.4, 0.5) is 5.82 Å². The molecule has 4 rings (SSSR count). The van der Waals surface area contributed by atoms with Crippen LogP contribution in [0.1, 0.15) is 5.82 Å². The van der Waals surface area contributed by atoms with Crippen LogP contribution in [0.5, 0.6) is 0 Å². The maximum atomic E-state index is 12.8. The minimum atomic E-state index is -3.45. The first-order valence-corrected chi connectivity index (χ1v) is 10.3. The van der Waals surface area contributed by atoms with Gasteiger partial charge in [-0.15, -0.1) is 0 Å². The Labute approximate surface area is 159 Å². The van der Waals surface area contributed by atoms with Crippen molar-refractivity contribution in [2.45, 2.75) is 11.8 Å². The zero-order valence-electron chi connectivity index (χ0n) is 15.1. The van der Waals surface area contributed by atoms with Gasteiger partial charge in [-0.3, -0.25) is 0 Å². The van der Waals surface area contributed by atoms with E-state index in [2.05, 4.69) is 14.9 Å². The van der Waals surface area contributed by atoms with Crippen LogP contribution < -0.4 is 4.90 Å². The van der Waals surface area contributed by atoms with Crippen molar-refractivity contribution in [3.8, 4) is 5.82 Å². The summed E-state index contributed by atoms with van der Waals surface area (Å²) in [6.45, 7) is 3.91. The highest BCUT2D eigenvalue weighted by Crippen LogP contribution is 2.21. The first-order valence-electron chi connectivity index (χ1n) is 8.83. The summed E-state index contributed by atoms with van der Waals surface area (Å²) in [6, 6.07) is 14.4. The summed E-state index contributed by atoms with van der Waals surface area (Å²) in [4.78, 5) is 11.5. The highest BCUT2D eigenvalue weighted by Gasteiger charge is 2.29. The Morgan fingerprint density at radius 1 is 0.852 bits per heavy atom. The van der Waals surface area contributed by atoms with Gasteiger partial charge in [0.2, 0.25) is 10.0 Å². The molecule has 0 saturated carbocycles. The molecule has 1 aromatic carbocycles. The van der Waals surface area contributed by atoms with Crippen LogP contribution in [0.3, 0.4) is 0 Å². The van der Waals surface area contributed by atoms with Crippen LogP contribution in [-0.2, 0) is 10.0 Å². The van der Waals surface area contributed by atoms with Gasteiger partial charge in [0, 0.05) is 44.6 Å². The molecule has 0 radical (unpaired) electrons. The van der Waals surface area contributed by atoms with Crippen LogP contribution in [-0.4, -0.2) is 53.4 Å². The summed E-state index contributed by atoms with van der Waals surface area (Å²) in [5.74, 6) is 2.32. The van der Waals surface area contributed by atoms with Gasteiger partial charge in [0.25, 0.3) is 0 Å². The first kappa shape index (κ1) is 17.7. The SMILES string of the molecule is Cc1nc(N2CCN(S(=O)(=O)c3ccccc3)CC2)cc(-n2cccc2)n1. The standard InChI is InChI=1S/C19H21N5O2S/c1-16-20-18(22-9-5-6-10-22)15-19(21-16)23-11-13-24(14-12-23)27(25,26)17-7-3-2-4-8-17/h2-10,15H,11-14H2,1H3. The fourth-order valence-corrected chi connectivity index (χ4v) is 4.66. The molecule has 0 bridgehead atoms. The van der Waals surface area contributed by atoms with E-state index >= 15 is 0 Å². The Morgan fingerprint density at radius 3 is 2.15 bits per heavy atom. The van der Waals surface area contributed by atoms with Gasteiger partial charge < -0.3 is 9.47 Å². The average Bonchev–Trinajstić information content (AvgIpc) is 3.23. The van der Waals surface area contributed by atoms with Gasteiger partial charge in [-0.05, 0) is 31.2 Å². The second-order valence-electron chi connectivity index (χ2n) is 6.43. The summed E-state index contributed by atoms with van der Waals surface area (Å²) in [5, 5.41) is 0. The molecule has 1 aliphatic rings. The van der Waals surface area contributed by atoms with E-state index in [0.717, 1.165) is 11.6 Å². The van der Waals surface area contributed by atoms with Crippen molar-refractivity contribution in [1.82, 2.24) is 18.8 Å². The van der Waals surface area contributed by atoms with Crippen LogP contribution in [0.15, 0.2) is 65.8 Å². The molecule has 140 valence electrons. The summed E-state index contributed by atoms with van der Waals surface area (Å²) in [6.07, 6.45) is 3.88. The largest absolute Gasteiger partial charge is 0.354 e. The van der Waals surface area contributed by atoms with Crippen molar-refractivity contribution in [2.75, 3.05) is 31.1 Å². The van der Waals surface area contributed by atoms with E-state index < -0.39 is 10.0 Å². The second-order valence-corrected chi connectivity index (χ2v) is 8.36. The quantitative estimate of drug-likeness (QED) is 0.690. The molecule has 0 unspecified atom stereocenters. The molecule has 1 aliphatic heterocycles. The minimum absolute atomic E-state index is 0.339. The van der Waals surface area contributed by atoms with Crippen LogP contribution in [0.2, 0.25) is 0 Å². The zero-order valence-corrected chi connectivity index (χ0v) is 15.9.